The number of rotatable bonds is 8. The second-order valence-electron chi connectivity index (χ2n) is 10.3. The lowest BCUT2D eigenvalue weighted by atomic mass is 9.94. The van der Waals surface area contributed by atoms with Gasteiger partial charge in [0, 0.05) is 25.1 Å². The monoisotopic (exact) mass is 609 g/mol. The van der Waals surface area contributed by atoms with Crippen LogP contribution in [0.2, 0.25) is 0 Å². The van der Waals surface area contributed by atoms with Gasteiger partial charge in [-0.15, -0.1) is 0 Å². The molecule has 15 heteroatoms. The van der Waals surface area contributed by atoms with Gasteiger partial charge in [-0.1, -0.05) is 41.6 Å². The second kappa shape index (κ2) is 11.8. The Morgan fingerprint density at radius 1 is 1.05 bits per heavy atom. The maximum Gasteiger partial charge on any atom is 0.434 e. The Kier molecular flexibility index (Phi) is 8.29. The summed E-state index contributed by atoms with van der Waals surface area (Å²) in [7, 11) is 0. The number of hydrogen-bond donors (Lipinski definition) is 2. The van der Waals surface area contributed by atoms with E-state index in [-0.39, 0.29) is 22.8 Å². The van der Waals surface area contributed by atoms with E-state index in [1.807, 2.05) is 4.90 Å². The van der Waals surface area contributed by atoms with E-state index in [9.17, 15) is 36.2 Å². The van der Waals surface area contributed by atoms with Crippen LogP contribution in [0, 0.1) is 5.92 Å². The van der Waals surface area contributed by atoms with Crippen molar-refractivity contribution in [3.8, 4) is 28.5 Å². The maximum absolute atomic E-state index is 14.2. The SMILES string of the molecule is O=C(O)CC1CCCN(CC(O)c2ccc(-c3noc(-c4cnn(-c5ccccc5C(F)(F)F)c4C(F)(F)F)n3)cc2)C1. The van der Waals surface area contributed by atoms with Gasteiger partial charge in [0.05, 0.1) is 29.1 Å². The van der Waals surface area contributed by atoms with Crippen molar-refractivity contribution in [2.45, 2.75) is 37.7 Å². The molecule has 0 radical (unpaired) electrons. The fourth-order valence-electron chi connectivity index (χ4n) is 5.24. The molecule has 4 aromatic rings. The van der Waals surface area contributed by atoms with Crippen LogP contribution in [0.5, 0.6) is 0 Å². The summed E-state index contributed by atoms with van der Waals surface area (Å²) in [6.07, 6.45) is -8.51. The molecule has 2 unspecified atom stereocenters. The van der Waals surface area contributed by atoms with E-state index >= 15 is 0 Å². The smallest absolute Gasteiger partial charge is 0.434 e. The van der Waals surface area contributed by atoms with Crippen LogP contribution < -0.4 is 0 Å². The number of aliphatic carboxylic acids is 1. The van der Waals surface area contributed by atoms with E-state index < -0.39 is 52.8 Å². The highest BCUT2D eigenvalue weighted by Crippen LogP contribution is 2.41. The number of nitrogens with zero attached hydrogens (tertiary/aromatic N) is 5. The lowest BCUT2D eigenvalue weighted by Gasteiger charge is -2.33. The van der Waals surface area contributed by atoms with Crippen LogP contribution in [0.4, 0.5) is 26.3 Å². The zero-order valence-corrected chi connectivity index (χ0v) is 22.3. The summed E-state index contributed by atoms with van der Waals surface area (Å²) in [5.74, 6) is -1.52. The number of carboxylic acid groups (broad SMARTS) is 1. The molecule has 1 aliphatic heterocycles. The number of hydrogen-bond acceptors (Lipinski definition) is 7. The van der Waals surface area contributed by atoms with Gasteiger partial charge in [-0.2, -0.15) is 36.4 Å². The summed E-state index contributed by atoms with van der Waals surface area (Å²) < 4.78 is 88.3. The highest BCUT2D eigenvalue weighted by atomic mass is 19.4. The first-order valence-corrected chi connectivity index (χ1v) is 13.2. The van der Waals surface area contributed by atoms with Crippen LogP contribution in [-0.2, 0) is 17.1 Å². The van der Waals surface area contributed by atoms with Crippen molar-refractivity contribution in [3.05, 3.63) is 71.5 Å². The zero-order valence-electron chi connectivity index (χ0n) is 22.3. The highest BCUT2D eigenvalue weighted by molar-refractivity contribution is 5.67. The van der Waals surface area contributed by atoms with E-state index in [2.05, 4.69) is 15.2 Å². The molecule has 1 saturated heterocycles. The molecule has 5 rings (SSSR count). The van der Waals surface area contributed by atoms with Crippen molar-refractivity contribution < 1.29 is 45.9 Å². The number of likely N-dealkylation sites (tertiary alicyclic amines) is 1. The Balaban J connectivity index is 1.36. The number of aromatic nitrogens is 4. The quantitative estimate of drug-likeness (QED) is 0.239. The standard InChI is InChI=1S/C28H25F6N5O4/c29-27(30,31)20-5-1-2-6-21(20)39-24(28(32,33)34)19(13-35-39)26-36-25(37-43-26)18-9-7-17(8-10-18)22(40)15-38-11-3-4-16(14-38)12-23(41)42/h1-2,5-10,13,16,22,40H,3-4,11-12,14-15H2,(H,41,42). The average molecular weight is 610 g/mol. The minimum atomic E-state index is -5.13. The summed E-state index contributed by atoms with van der Waals surface area (Å²) in [5, 5.41) is 27.1. The van der Waals surface area contributed by atoms with Crippen LogP contribution in [0.3, 0.4) is 0 Å². The summed E-state index contributed by atoms with van der Waals surface area (Å²) in [6.45, 7) is 1.59. The van der Waals surface area contributed by atoms with E-state index in [1.54, 1.807) is 24.3 Å². The Bertz CT molecular complexity index is 1580. The Labute approximate surface area is 240 Å². The number of alkyl halides is 6. The molecule has 2 aromatic carbocycles. The van der Waals surface area contributed by atoms with Crippen LogP contribution in [-0.4, -0.2) is 60.6 Å². The third-order valence-corrected chi connectivity index (χ3v) is 7.18. The molecule has 0 aliphatic carbocycles. The van der Waals surface area contributed by atoms with Gasteiger partial charge in [0.15, 0.2) is 5.69 Å². The number of halogens is 6. The molecule has 1 aliphatic rings. The zero-order chi connectivity index (χ0) is 30.9. The van der Waals surface area contributed by atoms with Gasteiger partial charge in [0.2, 0.25) is 5.82 Å². The Hall–Kier alpha value is -4.24. The molecule has 2 N–H and O–H groups in total. The third kappa shape index (κ3) is 6.72. The fraction of sp³-hybridized carbons (Fsp3) is 0.357. The minimum absolute atomic E-state index is 0.0117. The summed E-state index contributed by atoms with van der Waals surface area (Å²) in [6, 6.07) is 10.1. The van der Waals surface area contributed by atoms with Crippen molar-refractivity contribution in [2.24, 2.45) is 5.92 Å². The molecular weight excluding hydrogens is 584 g/mol. The normalized spacial score (nSPS) is 17.2. The second-order valence-corrected chi connectivity index (χ2v) is 10.3. The minimum Gasteiger partial charge on any atom is -0.481 e. The van der Waals surface area contributed by atoms with Crippen LogP contribution in [0.25, 0.3) is 28.5 Å². The number of aliphatic hydroxyl groups excluding tert-OH is 1. The maximum atomic E-state index is 14.2. The van der Waals surface area contributed by atoms with Gasteiger partial charge in [-0.05, 0) is 43.0 Å². The van der Waals surface area contributed by atoms with Gasteiger partial charge in [0.1, 0.15) is 0 Å². The lowest BCUT2D eigenvalue weighted by molar-refractivity contribution is -0.144. The molecule has 0 spiro atoms. The van der Waals surface area contributed by atoms with Gasteiger partial charge in [0.25, 0.3) is 5.89 Å². The van der Waals surface area contributed by atoms with Gasteiger partial charge < -0.3 is 19.6 Å². The molecule has 0 bridgehead atoms. The molecule has 2 atom stereocenters. The molecule has 2 aromatic heterocycles. The highest BCUT2D eigenvalue weighted by Gasteiger charge is 2.43. The molecular formula is C28H25F6N5O4. The first kappa shape index (κ1) is 30.2. The Morgan fingerprint density at radius 3 is 2.44 bits per heavy atom. The molecule has 0 amide bonds. The molecule has 1 fully saturated rings. The number of para-hydroxylation sites is 1. The third-order valence-electron chi connectivity index (χ3n) is 7.18. The number of benzene rings is 2. The molecule has 228 valence electrons. The number of β-amino-alcohol motifs (C(OH)–C–C–N with tert-alkyl or cyclic N) is 1. The first-order valence-electron chi connectivity index (χ1n) is 13.2. The van der Waals surface area contributed by atoms with Crippen LogP contribution >= 0.6 is 0 Å². The van der Waals surface area contributed by atoms with Crippen LogP contribution in [0.1, 0.15) is 42.2 Å². The van der Waals surface area contributed by atoms with Crippen molar-refractivity contribution in [1.29, 1.82) is 0 Å². The summed E-state index contributed by atoms with van der Waals surface area (Å²) in [4.78, 5) is 17.1. The predicted molar refractivity (Wildman–Crippen MR) is 139 cm³/mol. The fourth-order valence-corrected chi connectivity index (χ4v) is 5.24. The van der Waals surface area contributed by atoms with Crippen molar-refractivity contribution in [1.82, 2.24) is 24.8 Å². The molecule has 3 heterocycles. The first-order chi connectivity index (χ1) is 20.3. The topological polar surface area (TPSA) is 118 Å². The van der Waals surface area contributed by atoms with Gasteiger partial charge in [-0.25, -0.2) is 4.68 Å². The number of piperidine rings is 1. The molecule has 0 saturated carbocycles. The van der Waals surface area contributed by atoms with E-state index in [0.717, 1.165) is 31.5 Å². The summed E-state index contributed by atoms with van der Waals surface area (Å²) in [5.41, 5.74) is -3.42. The van der Waals surface area contributed by atoms with E-state index in [0.29, 0.717) is 36.5 Å². The van der Waals surface area contributed by atoms with Gasteiger partial charge in [-0.3, -0.25) is 4.79 Å². The average Bonchev–Trinajstić information content (AvgIpc) is 3.60. The van der Waals surface area contributed by atoms with E-state index in [4.69, 9.17) is 9.63 Å². The van der Waals surface area contributed by atoms with Crippen molar-refractivity contribution in [3.63, 3.8) is 0 Å². The van der Waals surface area contributed by atoms with E-state index in [1.165, 1.54) is 6.07 Å². The molecule has 43 heavy (non-hydrogen) atoms. The molecule has 9 nitrogen and oxygen atoms in total. The summed E-state index contributed by atoms with van der Waals surface area (Å²) >= 11 is 0. The predicted octanol–water partition coefficient (Wildman–Crippen LogP) is 5.85. The number of aliphatic hydroxyl groups is 1. The largest absolute Gasteiger partial charge is 0.481 e. The number of carbonyl (C=O) groups is 1. The van der Waals surface area contributed by atoms with Crippen LogP contribution in [0.15, 0.2) is 59.3 Å². The number of carboxylic acids is 1. The Morgan fingerprint density at radius 2 is 1.77 bits per heavy atom. The van der Waals surface area contributed by atoms with Gasteiger partial charge >= 0.3 is 18.3 Å². The van der Waals surface area contributed by atoms with Crippen molar-refractivity contribution in [2.75, 3.05) is 19.6 Å². The van der Waals surface area contributed by atoms with Crippen molar-refractivity contribution >= 4 is 5.97 Å². The lowest BCUT2D eigenvalue weighted by Crippen LogP contribution is -2.38.